The molecule has 4 atom stereocenters. The molecule has 33 heavy (non-hydrogen) atoms. The Balaban J connectivity index is 1.49. The monoisotopic (exact) mass is 451 g/mol. The topological polar surface area (TPSA) is 137 Å². The summed E-state index contributed by atoms with van der Waals surface area (Å²) in [5.41, 5.74) is 2.98. The average Bonchev–Trinajstić information content (AvgIpc) is 3.47. The summed E-state index contributed by atoms with van der Waals surface area (Å²) in [6.07, 6.45) is 0.816. The molecule has 0 saturated heterocycles. The lowest BCUT2D eigenvalue weighted by Gasteiger charge is -2.21. The van der Waals surface area contributed by atoms with E-state index < -0.39 is 24.2 Å². The summed E-state index contributed by atoms with van der Waals surface area (Å²) in [5, 5.41) is 41.1. The summed E-state index contributed by atoms with van der Waals surface area (Å²) >= 11 is 0. The summed E-state index contributed by atoms with van der Waals surface area (Å²) in [6.45, 7) is 2.50. The van der Waals surface area contributed by atoms with Crippen LogP contribution in [0.25, 0.3) is 22.6 Å². The first kappa shape index (κ1) is 21.8. The zero-order valence-electron chi connectivity index (χ0n) is 18.5. The molecule has 174 valence electrons. The first-order valence-corrected chi connectivity index (χ1v) is 11.4. The number of nitrogens with one attached hydrogen (secondary N) is 2. The van der Waals surface area contributed by atoms with Crippen molar-refractivity contribution in [3.63, 3.8) is 0 Å². The molecule has 0 spiro atoms. The Morgan fingerprint density at radius 3 is 2.58 bits per heavy atom. The second-order valence-electron chi connectivity index (χ2n) is 9.03. The molecule has 2 aliphatic rings. The van der Waals surface area contributed by atoms with Gasteiger partial charge >= 0.3 is 0 Å². The maximum atomic E-state index is 10.5. The van der Waals surface area contributed by atoms with Gasteiger partial charge in [0.05, 0.1) is 23.4 Å². The van der Waals surface area contributed by atoms with Crippen LogP contribution in [0.3, 0.4) is 0 Å². The molecule has 2 fully saturated rings. The molecule has 5 N–H and O–H groups in total. The highest BCUT2D eigenvalue weighted by Gasteiger charge is 2.41. The van der Waals surface area contributed by atoms with Crippen LogP contribution in [0.1, 0.15) is 25.0 Å². The SMILES string of the molecule is Cc1nc(NCC2CC2)nc(N[C@@H]2C[C@H](CO)[C@@H](O)[C@H]2O)c1-c1cc(-c2ccccc2)no1. The Morgan fingerprint density at radius 2 is 1.88 bits per heavy atom. The minimum absolute atomic E-state index is 0.192. The van der Waals surface area contributed by atoms with Gasteiger partial charge in [-0.2, -0.15) is 4.98 Å². The fourth-order valence-electron chi connectivity index (χ4n) is 4.37. The van der Waals surface area contributed by atoms with Gasteiger partial charge < -0.3 is 30.5 Å². The van der Waals surface area contributed by atoms with Gasteiger partial charge in [-0.15, -0.1) is 0 Å². The highest BCUT2D eigenvalue weighted by molar-refractivity contribution is 5.77. The van der Waals surface area contributed by atoms with Crippen LogP contribution in [0.2, 0.25) is 0 Å². The van der Waals surface area contributed by atoms with Crippen molar-refractivity contribution >= 4 is 11.8 Å². The molecule has 0 unspecified atom stereocenters. The maximum Gasteiger partial charge on any atom is 0.224 e. The van der Waals surface area contributed by atoms with Gasteiger partial charge in [-0.3, -0.25) is 0 Å². The zero-order chi connectivity index (χ0) is 22.9. The lowest BCUT2D eigenvalue weighted by atomic mass is 10.1. The van der Waals surface area contributed by atoms with Crippen molar-refractivity contribution < 1.29 is 19.8 Å². The first-order valence-electron chi connectivity index (χ1n) is 11.4. The quantitative estimate of drug-likeness (QED) is 0.350. The summed E-state index contributed by atoms with van der Waals surface area (Å²) in [5.74, 6) is 1.76. The molecule has 2 heterocycles. The third-order valence-electron chi connectivity index (χ3n) is 6.52. The predicted octanol–water partition coefficient (Wildman–Crippen LogP) is 2.44. The third kappa shape index (κ3) is 4.57. The van der Waals surface area contributed by atoms with E-state index in [9.17, 15) is 15.3 Å². The number of hydrogen-bond acceptors (Lipinski definition) is 9. The van der Waals surface area contributed by atoms with E-state index in [2.05, 4.69) is 25.8 Å². The van der Waals surface area contributed by atoms with E-state index in [1.54, 1.807) is 0 Å². The van der Waals surface area contributed by atoms with E-state index in [1.807, 2.05) is 43.3 Å². The smallest absolute Gasteiger partial charge is 0.224 e. The molecule has 0 aliphatic heterocycles. The number of aliphatic hydroxyl groups is 3. The normalized spacial score (nSPS) is 24.7. The molecule has 2 aliphatic carbocycles. The molecule has 0 amide bonds. The predicted molar refractivity (Wildman–Crippen MR) is 124 cm³/mol. The minimum atomic E-state index is -1.03. The number of aliphatic hydroxyl groups excluding tert-OH is 3. The molecular formula is C24H29N5O4. The van der Waals surface area contributed by atoms with Crippen LogP contribution in [0.5, 0.6) is 0 Å². The van der Waals surface area contributed by atoms with E-state index in [-0.39, 0.29) is 6.61 Å². The Bertz CT molecular complexity index is 1100. The lowest BCUT2D eigenvalue weighted by molar-refractivity contribution is 0.00446. The largest absolute Gasteiger partial charge is 0.396 e. The summed E-state index contributed by atoms with van der Waals surface area (Å²) in [6, 6.07) is 11.1. The number of anilines is 2. The van der Waals surface area contributed by atoms with Crippen LogP contribution < -0.4 is 10.6 Å². The van der Waals surface area contributed by atoms with Crippen molar-refractivity contribution in [2.45, 2.75) is 44.4 Å². The first-order chi connectivity index (χ1) is 16.0. The number of aromatic nitrogens is 3. The van der Waals surface area contributed by atoms with Gasteiger partial charge in [-0.25, -0.2) is 4.98 Å². The summed E-state index contributed by atoms with van der Waals surface area (Å²) < 4.78 is 5.69. The standard InChI is InChI=1S/C24H29N5O4/c1-13-20(19-10-17(29-33-19)15-5-3-2-4-6-15)23(28-24(26-13)25-11-14-7-8-14)27-18-9-16(12-30)21(31)22(18)32/h2-6,10,14,16,18,21-22,30-32H,7-9,11-12H2,1H3,(H2,25,26,27,28)/t16-,18-,21-,22+/m1/s1. The van der Waals surface area contributed by atoms with Gasteiger partial charge in [-0.05, 0) is 32.1 Å². The van der Waals surface area contributed by atoms with Crippen molar-refractivity contribution in [1.29, 1.82) is 0 Å². The van der Waals surface area contributed by atoms with E-state index in [1.165, 1.54) is 12.8 Å². The molecular weight excluding hydrogens is 422 g/mol. The van der Waals surface area contributed by atoms with Crippen LogP contribution in [-0.2, 0) is 0 Å². The summed E-state index contributed by atoms with van der Waals surface area (Å²) in [7, 11) is 0. The number of hydrogen-bond donors (Lipinski definition) is 5. The Kier molecular flexibility index (Phi) is 6.01. The number of aryl methyl sites for hydroxylation is 1. The van der Waals surface area contributed by atoms with Crippen molar-refractivity contribution in [2.24, 2.45) is 11.8 Å². The second-order valence-corrected chi connectivity index (χ2v) is 9.03. The van der Waals surface area contributed by atoms with Crippen molar-refractivity contribution in [3.05, 3.63) is 42.1 Å². The van der Waals surface area contributed by atoms with Crippen LogP contribution >= 0.6 is 0 Å². The van der Waals surface area contributed by atoms with Crippen LogP contribution in [0.15, 0.2) is 40.9 Å². The number of rotatable bonds is 8. The van der Waals surface area contributed by atoms with Crippen molar-refractivity contribution in [2.75, 3.05) is 23.8 Å². The Labute approximate surface area is 191 Å². The van der Waals surface area contributed by atoms with Crippen molar-refractivity contribution in [1.82, 2.24) is 15.1 Å². The highest BCUT2D eigenvalue weighted by atomic mass is 16.5. The average molecular weight is 452 g/mol. The Morgan fingerprint density at radius 1 is 1.09 bits per heavy atom. The third-order valence-corrected chi connectivity index (χ3v) is 6.52. The van der Waals surface area contributed by atoms with E-state index in [4.69, 9.17) is 4.52 Å². The molecule has 2 aromatic heterocycles. The zero-order valence-corrected chi connectivity index (χ0v) is 18.5. The molecule has 0 bridgehead atoms. The molecule has 5 rings (SSSR count). The van der Waals surface area contributed by atoms with Crippen LogP contribution in [0.4, 0.5) is 11.8 Å². The molecule has 9 heteroatoms. The van der Waals surface area contributed by atoms with Gasteiger partial charge in [-0.1, -0.05) is 35.5 Å². The van der Waals surface area contributed by atoms with Crippen LogP contribution in [-0.4, -0.2) is 61.8 Å². The van der Waals surface area contributed by atoms with E-state index in [0.717, 1.165) is 12.1 Å². The molecule has 0 radical (unpaired) electrons. The van der Waals surface area contributed by atoms with Gasteiger partial charge in [0.25, 0.3) is 0 Å². The second kappa shape index (κ2) is 9.09. The van der Waals surface area contributed by atoms with Gasteiger partial charge in [0.15, 0.2) is 5.76 Å². The molecule has 2 saturated carbocycles. The fraction of sp³-hybridized carbons (Fsp3) is 0.458. The van der Waals surface area contributed by atoms with Gasteiger partial charge in [0.2, 0.25) is 5.95 Å². The number of nitrogens with zero attached hydrogens (tertiary/aromatic N) is 3. The highest BCUT2D eigenvalue weighted by Crippen LogP contribution is 2.36. The fourth-order valence-corrected chi connectivity index (χ4v) is 4.37. The minimum Gasteiger partial charge on any atom is -0.396 e. The van der Waals surface area contributed by atoms with Crippen molar-refractivity contribution in [3.8, 4) is 22.6 Å². The van der Waals surface area contributed by atoms with Gasteiger partial charge in [0, 0.05) is 30.7 Å². The maximum absolute atomic E-state index is 10.5. The van der Waals surface area contributed by atoms with E-state index in [0.29, 0.717) is 46.8 Å². The molecule has 3 aromatic rings. The molecule has 1 aromatic carbocycles. The Hall–Kier alpha value is -3.01. The van der Waals surface area contributed by atoms with Crippen LogP contribution in [0, 0.1) is 18.8 Å². The lowest BCUT2D eigenvalue weighted by Crippen LogP contribution is -2.35. The van der Waals surface area contributed by atoms with E-state index >= 15 is 0 Å². The molecule has 9 nitrogen and oxygen atoms in total. The van der Waals surface area contributed by atoms with Gasteiger partial charge in [0.1, 0.15) is 17.6 Å². The summed E-state index contributed by atoms with van der Waals surface area (Å²) in [4.78, 5) is 9.32. The number of benzene rings is 1.